The molecule has 0 saturated carbocycles. The van der Waals surface area contributed by atoms with Gasteiger partial charge >= 0.3 is 13.1 Å². The van der Waals surface area contributed by atoms with E-state index in [1.807, 2.05) is 46.9 Å². The zero-order chi connectivity index (χ0) is 18.8. The van der Waals surface area contributed by atoms with Crippen LogP contribution in [-0.2, 0) is 20.5 Å². The van der Waals surface area contributed by atoms with E-state index in [4.69, 9.17) is 26.0 Å². The summed E-state index contributed by atoms with van der Waals surface area (Å²) in [6, 6.07) is 5.36. The van der Waals surface area contributed by atoms with Crippen molar-refractivity contribution in [2.45, 2.75) is 45.3 Å². The number of hydrogen-bond acceptors (Lipinski definition) is 4. The number of aliphatic carboxylic acids is 1. The minimum absolute atomic E-state index is 0.0938. The van der Waals surface area contributed by atoms with Crippen molar-refractivity contribution in [3.63, 3.8) is 0 Å². The van der Waals surface area contributed by atoms with Gasteiger partial charge in [-0.15, -0.1) is 0 Å². The highest BCUT2D eigenvalue weighted by molar-refractivity contribution is 6.56. The molecule has 0 radical (unpaired) electrons. The van der Waals surface area contributed by atoms with Crippen LogP contribution < -0.4 is 5.32 Å². The highest BCUT2D eigenvalue weighted by atomic mass is 35.5. The molecule has 2 N–H and O–H groups in total. The summed E-state index contributed by atoms with van der Waals surface area (Å²) in [5, 5.41) is 12.5. The fraction of sp³-hybridized carbons (Fsp3) is 0.500. The molecule has 1 aliphatic rings. The van der Waals surface area contributed by atoms with E-state index in [0.717, 1.165) is 11.0 Å². The Labute approximate surface area is 154 Å². The average molecular weight is 366 g/mol. The van der Waals surface area contributed by atoms with Crippen molar-refractivity contribution < 1.29 is 19.2 Å². The molecule has 0 atom stereocenters. The van der Waals surface area contributed by atoms with Gasteiger partial charge < -0.3 is 19.7 Å². The summed E-state index contributed by atoms with van der Waals surface area (Å²) in [4.78, 5) is 10.9. The van der Waals surface area contributed by atoms with Crippen LogP contribution in [0.3, 0.4) is 0 Å². The lowest BCUT2D eigenvalue weighted by Crippen LogP contribution is -2.41. The molecular weight excluding hydrogens is 340 g/mol. The topological polar surface area (TPSA) is 67.8 Å². The second-order valence-corrected chi connectivity index (χ2v) is 7.67. The molecule has 1 fully saturated rings. The van der Waals surface area contributed by atoms with E-state index in [9.17, 15) is 4.79 Å². The normalized spacial score (nSPS) is 19.3. The number of carboxylic acids is 1. The molecule has 1 aliphatic heterocycles. The summed E-state index contributed by atoms with van der Waals surface area (Å²) in [5.74, 6) is -0.904. The summed E-state index contributed by atoms with van der Waals surface area (Å²) in [6.07, 6.45) is 1.87. The summed E-state index contributed by atoms with van der Waals surface area (Å²) in [6.45, 7) is 8.66. The second-order valence-electron chi connectivity index (χ2n) is 7.26. The molecule has 0 aromatic heterocycles. The summed E-state index contributed by atoms with van der Waals surface area (Å²) in [5.41, 5.74) is 1.60. The Morgan fingerprint density at radius 2 is 1.88 bits per heavy atom. The van der Waals surface area contributed by atoms with Gasteiger partial charge in [0.25, 0.3) is 0 Å². The molecule has 1 heterocycles. The van der Waals surface area contributed by atoms with Crippen LogP contribution in [0.15, 0.2) is 23.7 Å². The summed E-state index contributed by atoms with van der Waals surface area (Å²) >= 11 is 6.21. The SMILES string of the molecule is CNCC(=Cc1ccc(CC(=O)O)c(Cl)c1)B1OC(C)(C)C(C)(C)O1. The highest BCUT2D eigenvalue weighted by Crippen LogP contribution is 2.38. The molecule has 25 heavy (non-hydrogen) atoms. The molecule has 0 bridgehead atoms. The van der Waals surface area contributed by atoms with Crippen LogP contribution in [0.2, 0.25) is 5.02 Å². The van der Waals surface area contributed by atoms with E-state index in [1.54, 1.807) is 12.1 Å². The molecule has 0 spiro atoms. The van der Waals surface area contributed by atoms with Gasteiger partial charge in [-0.3, -0.25) is 4.79 Å². The van der Waals surface area contributed by atoms with Gasteiger partial charge in [-0.2, -0.15) is 0 Å². The number of rotatable bonds is 6. The van der Waals surface area contributed by atoms with E-state index < -0.39 is 24.3 Å². The number of likely N-dealkylation sites (N-methyl/N-ethyl adjacent to an activating group) is 1. The number of halogens is 1. The second kappa shape index (κ2) is 7.50. The Hall–Kier alpha value is -1.34. The smallest absolute Gasteiger partial charge is 0.481 e. The number of carboxylic acid groups (broad SMARTS) is 1. The van der Waals surface area contributed by atoms with Crippen LogP contribution in [-0.4, -0.2) is 43.0 Å². The first-order valence-electron chi connectivity index (χ1n) is 8.26. The third kappa shape index (κ3) is 4.64. The van der Waals surface area contributed by atoms with Crippen molar-refractivity contribution in [3.8, 4) is 0 Å². The molecular formula is C18H25BClNO4. The van der Waals surface area contributed by atoms with Crippen LogP contribution in [0, 0.1) is 0 Å². The van der Waals surface area contributed by atoms with E-state index in [-0.39, 0.29) is 6.42 Å². The Balaban J connectivity index is 2.29. The van der Waals surface area contributed by atoms with Crippen molar-refractivity contribution in [1.82, 2.24) is 5.32 Å². The Kier molecular flexibility index (Phi) is 5.99. The maximum absolute atomic E-state index is 10.9. The van der Waals surface area contributed by atoms with E-state index in [1.165, 1.54) is 0 Å². The average Bonchev–Trinajstić information content (AvgIpc) is 2.69. The lowest BCUT2D eigenvalue weighted by Gasteiger charge is -2.32. The van der Waals surface area contributed by atoms with Crippen LogP contribution in [0.5, 0.6) is 0 Å². The van der Waals surface area contributed by atoms with Gasteiger partial charge in [-0.25, -0.2) is 0 Å². The first-order valence-corrected chi connectivity index (χ1v) is 8.64. The fourth-order valence-electron chi connectivity index (χ4n) is 2.57. The van der Waals surface area contributed by atoms with E-state index in [2.05, 4.69) is 5.32 Å². The van der Waals surface area contributed by atoms with Crippen LogP contribution in [0.4, 0.5) is 0 Å². The zero-order valence-electron chi connectivity index (χ0n) is 15.4. The van der Waals surface area contributed by atoms with E-state index >= 15 is 0 Å². The Morgan fingerprint density at radius 1 is 1.28 bits per heavy atom. The van der Waals surface area contributed by atoms with E-state index in [0.29, 0.717) is 17.1 Å². The molecule has 1 aromatic carbocycles. The van der Waals surface area contributed by atoms with Crippen LogP contribution >= 0.6 is 11.6 Å². The van der Waals surface area contributed by atoms with Crippen LogP contribution in [0.25, 0.3) is 6.08 Å². The van der Waals surface area contributed by atoms with Gasteiger partial charge in [0, 0.05) is 11.6 Å². The first kappa shape index (κ1) is 20.0. The maximum atomic E-state index is 10.9. The fourth-order valence-corrected chi connectivity index (χ4v) is 2.83. The van der Waals surface area contributed by atoms with Crippen molar-refractivity contribution >= 4 is 30.8 Å². The highest BCUT2D eigenvalue weighted by Gasteiger charge is 2.52. The molecule has 1 saturated heterocycles. The molecule has 0 amide bonds. The lowest BCUT2D eigenvalue weighted by atomic mass is 9.77. The molecule has 2 rings (SSSR count). The standard InChI is InChI=1S/C18H25BClNO4/c1-17(2)18(3,4)25-19(24-17)14(11-21-5)8-12-6-7-13(10-16(22)23)15(20)9-12/h6-9,21H,10-11H2,1-5H3,(H,22,23). The van der Waals surface area contributed by atoms with Gasteiger partial charge in [0.15, 0.2) is 0 Å². The summed E-state index contributed by atoms with van der Waals surface area (Å²) in [7, 11) is 1.41. The third-order valence-electron chi connectivity index (χ3n) is 4.71. The molecule has 5 nitrogen and oxygen atoms in total. The number of nitrogens with one attached hydrogen (secondary N) is 1. The largest absolute Gasteiger partial charge is 0.491 e. The molecule has 0 aliphatic carbocycles. The number of hydrogen-bond donors (Lipinski definition) is 2. The first-order chi connectivity index (χ1) is 11.6. The van der Waals surface area contributed by atoms with Crippen molar-refractivity contribution in [3.05, 3.63) is 39.8 Å². The van der Waals surface area contributed by atoms with Crippen molar-refractivity contribution in [2.75, 3.05) is 13.6 Å². The Bertz CT molecular complexity index is 672. The summed E-state index contributed by atoms with van der Waals surface area (Å²) < 4.78 is 12.2. The molecule has 7 heteroatoms. The number of carbonyl (C=O) groups is 1. The van der Waals surface area contributed by atoms with Gasteiger partial charge in [-0.1, -0.05) is 29.8 Å². The monoisotopic (exact) mass is 365 g/mol. The minimum Gasteiger partial charge on any atom is -0.481 e. The quantitative estimate of drug-likeness (QED) is 0.758. The predicted octanol–water partition coefficient (Wildman–Crippen LogP) is 3.20. The van der Waals surface area contributed by atoms with Crippen molar-refractivity contribution in [1.29, 1.82) is 0 Å². The van der Waals surface area contributed by atoms with Gasteiger partial charge in [0.2, 0.25) is 0 Å². The molecule has 0 unspecified atom stereocenters. The minimum atomic E-state index is -0.904. The van der Waals surface area contributed by atoms with Crippen LogP contribution in [0.1, 0.15) is 38.8 Å². The van der Waals surface area contributed by atoms with Gasteiger partial charge in [0.05, 0.1) is 17.6 Å². The lowest BCUT2D eigenvalue weighted by molar-refractivity contribution is -0.136. The van der Waals surface area contributed by atoms with Gasteiger partial charge in [0.1, 0.15) is 0 Å². The third-order valence-corrected chi connectivity index (χ3v) is 5.06. The molecule has 1 aromatic rings. The molecule has 136 valence electrons. The maximum Gasteiger partial charge on any atom is 0.491 e. The van der Waals surface area contributed by atoms with Gasteiger partial charge in [-0.05, 0) is 57.4 Å². The Morgan fingerprint density at radius 3 is 2.36 bits per heavy atom. The predicted molar refractivity (Wildman–Crippen MR) is 101 cm³/mol. The van der Waals surface area contributed by atoms with Crippen molar-refractivity contribution in [2.24, 2.45) is 0 Å². The zero-order valence-corrected chi connectivity index (χ0v) is 16.1. The number of benzene rings is 1.